The van der Waals surface area contributed by atoms with E-state index in [1.165, 1.54) is 0 Å². The number of rotatable bonds is 9. The van der Waals surface area contributed by atoms with Crippen LogP contribution in [-0.2, 0) is 14.4 Å². The summed E-state index contributed by atoms with van der Waals surface area (Å²) in [4.78, 5) is 37.5. The molecule has 1 saturated heterocycles. The van der Waals surface area contributed by atoms with Crippen LogP contribution in [0.15, 0.2) is 0 Å². The van der Waals surface area contributed by atoms with E-state index in [-0.39, 0.29) is 36.2 Å². The van der Waals surface area contributed by atoms with Gasteiger partial charge in [0.15, 0.2) is 0 Å². The molecule has 1 heterocycles. The Hall–Kier alpha value is -1.67. The summed E-state index contributed by atoms with van der Waals surface area (Å²) in [7, 11) is 0. The quantitative estimate of drug-likeness (QED) is 0.432. The van der Waals surface area contributed by atoms with Gasteiger partial charge in [-0.1, -0.05) is 20.8 Å². The normalized spacial score (nSPS) is 17.2. The van der Waals surface area contributed by atoms with Crippen molar-refractivity contribution < 1.29 is 14.4 Å². The summed E-state index contributed by atoms with van der Waals surface area (Å²) in [5.41, 5.74) is 5.73. The number of nitrogens with two attached hydrogens (primary N) is 1. The molecule has 0 saturated carbocycles. The predicted molar refractivity (Wildman–Crippen MR) is 96.7 cm³/mol. The lowest BCUT2D eigenvalue weighted by Crippen LogP contribution is -2.51. The molecule has 1 rings (SSSR count). The van der Waals surface area contributed by atoms with Gasteiger partial charge < -0.3 is 21.7 Å². The van der Waals surface area contributed by atoms with Gasteiger partial charge in [0.25, 0.3) is 0 Å². The van der Waals surface area contributed by atoms with Crippen LogP contribution < -0.4 is 21.7 Å². The SMILES string of the molecule is CCCNC(=O)CN1CCC(NC(=O)CNC(=O)[C@@H](N)C(C)C)CC1. The molecular formula is C17H33N5O3. The van der Waals surface area contributed by atoms with Crippen molar-refractivity contribution in [2.24, 2.45) is 11.7 Å². The number of nitrogens with zero attached hydrogens (tertiary/aromatic N) is 1. The fourth-order valence-electron chi connectivity index (χ4n) is 2.63. The molecule has 0 spiro atoms. The maximum Gasteiger partial charge on any atom is 0.239 e. The second-order valence-electron chi connectivity index (χ2n) is 6.96. The highest BCUT2D eigenvalue weighted by Crippen LogP contribution is 2.09. The minimum atomic E-state index is -0.602. The first-order valence-electron chi connectivity index (χ1n) is 9.15. The summed E-state index contributed by atoms with van der Waals surface area (Å²) in [6.07, 6.45) is 2.52. The monoisotopic (exact) mass is 355 g/mol. The molecule has 0 unspecified atom stereocenters. The Bertz CT molecular complexity index is 448. The molecule has 8 nitrogen and oxygen atoms in total. The van der Waals surface area contributed by atoms with Crippen molar-refractivity contribution in [3.63, 3.8) is 0 Å². The highest BCUT2D eigenvalue weighted by molar-refractivity contribution is 5.87. The first-order chi connectivity index (χ1) is 11.8. The topological polar surface area (TPSA) is 117 Å². The van der Waals surface area contributed by atoms with E-state index in [0.29, 0.717) is 13.1 Å². The van der Waals surface area contributed by atoms with Crippen LogP contribution in [0, 0.1) is 5.92 Å². The van der Waals surface area contributed by atoms with E-state index < -0.39 is 6.04 Å². The number of hydrogen-bond donors (Lipinski definition) is 4. The molecule has 8 heteroatoms. The largest absolute Gasteiger partial charge is 0.355 e. The molecule has 0 radical (unpaired) electrons. The van der Waals surface area contributed by atoms with Gasteiger partial charge in [-0.05, 0) is 25.2 Å². The van der Waals surface area contributed by atoms with E-state index in [0.717, 1.165) is 32.4 Å². The zero-order chi connectivity index (χ0) is 18.8. The van der Waals surface area contributed by atoms with Gasteiger partial charge in [0, 0.05) is 25.7 Å². The maximum absolute atomic E-state index is 11.9. The molecule has 0 aromatic rings. The van der Waals surface area contributed by atoms with Crippen LogP contribution >= 0.6 is 0 Å². The van der Waals surface area contributed by atoms with Gasteiger partial charge in [0.2, 0.25) is 17.7 Å². The summed E-state index contributed by atoms with van der Waals surface area (Å²) in [5.74, 6) is -0.433. The molecule has 0 aliphatic carbocycles. The van der Waals surface area contributed by atoms with E-state index >= 15 is 0 Å². The average molecular weight is 355 g/mol. The first-order valence-corrected chi connectivity index (χ1v) is 9.15. The summed E-state index contributed by atoms with van der Waals surface area (Å²) in [6, 6.07) is -0.520. The van der Waals surface area contributed by atoms with E-state index in [4.69, 9.17) is 5.73 Å². The van der Waals surface area contributed by atoms with Gasteiger partial charge in [-0.25, -0.2) is 0 Å². The fraction of sp³-hybridized carbons (Fsp3) is 0.824. The van der Waals surface area contributed by atoms with Crippen molar-refractivity contribution in [2.45, 2.75) is 52.1 Å². The molecule has 144 valence electrons. The average Bonchev–Trinajstić information content (AvgIpc) is 2.58. The standard InChI is InChI=1S/C17H33N5O3/c1-4-7-19-15(24)11-22-8-5-13(6-9-22)21-14(23)10-20-17(25)16(18)12(2)3/h12-13,16H,4-11,18H2,1-3H3,(H,19,24)(H,20,25)(H,21,23)/t16-/m0/s1. The summed E-state index contributed by atoms with van der Waals surface area (Å²) < 4.78 is 0. The van der Waals surface area contributed by atoms with Gasteiger partial charge in [-0.3, -0.25) is 19.3 Å². The van der Waals surface area contributed by atoms with Gasteiger partial charge in [0.05, 0.1) is 19.1 Å². The number of nitrogens with one attached hydrogen (secondary N) is 3. The van der Waals surface area contributed by atoms with E-state index in [1.807, 2.05) is 20.8 Å². The summed E-state index contributed by atoms with van der Waals surface area (Å²) in [5, 5.41) is 8.36. The molecule has 25 heavy (non-hydrogen) atoms. The van der Waals surface area contributed by atoms with Crippen molar-refractivity contribution in [2.75, 3.05) is 32.7 Å². The molecule has 1 fully saturated rings. The van der Waals surface area contributed by atoms with Crippen molar-refractivity contribution in [1.29, 1.82) is 0 Å². The van der Waals surface area contributed by atoms with Crippen molar-refractivity contribution in [1.82, 2.24) is 20.9 Å². The number of likely N-dealkylation sites (tertiary alicyclic amines) is 1. The van der Waals surface area contributed by atoms with Crippen LogP contribution in [0.4, 0.5) is 0 Å². The molecule has 1 atom stereocenters. The third kappa shape index (κ3) is 8.31. The van der Waals surface area contributed by atoms with Crippen molar-refractivity contribution in [3.8, 4) is 0 Å². The van der Waals surface area contributed by atoms with E-state index in [1.54, 1.807) is 0 Å². The molecule has 1 aliphatic heterocycles. The second kappa shape index (κ2) is 11.0. The Kier molecular flexibility index (Phi) is 9.44. The highest BCUT2D eigenvalue weighted by Gasteiger charge is 2.23. The number of hydrogen-bond acceptors (Lipinski definition) is 5. The maximum atomic E-state index is 11.9. The molecule has 0 bridgehead atoms. The number of carbonyl (C=O) groups is 3. The Balaban J connectivity index is 2.22. The zero-order valence-corrected chi connectivity index (χ0v) is 15.6. The Morgan fingerprint density at radius 2 is 1.76 bits per heavy atom. The number of carbonyl (C=O) groups excluding carboxylic acids is 3. The van der Waals surface area contributed by atoms with Gasteiger partial charge in [-0.2, -0.15) is 0 Å². The fourth-order valence-corrected chi connectivity index (χ4v) is 2.63. The van der Waals surface area contributed by atoms with Gasteiger partial charge in [0.1, 0.15) is 0 Å². The van der Waals surface area contributed by atoms with Gasteiger partial charge >= 0.3 is 0 Å². The van der Waals surface area contributed by atoms with Crippen LogP contribution in [0.2, 0.25) is 0 Å². The van der Waals surface area contributed by atoms with Crippen LogP contribution in [0.1, 0.15) is 40.0 Å². The molecule has 0 aromatic heterocycles. The smallest absolute Gasteiger partial charge is 0.239 e. The van der Waals surface area contributed by atoms with Crippen LogP contribution in [0.3, 0.4) is 0 Å². The molecule has 5 N–H and O–H groups in total. The van der Waals surface area contributed by atoms with Crippen LogP contribution in [0.25, 0.3) is 0 Å². The summed E-state index contributed by atoms with van der Waals surface area (Å²) >= 11 is 0. The Morgan fingerprint density at radius 3 is 2.32 bits per heavy atom. The molecular weight excluding hydrogens is 322 g/mol. The van der Waals surface area contributed by atoms with Gasteiger partial charge in [-0.15, -0.1) is 0 Å². The number of amides is 3. The minimum absolute atomic E-state index is 0.0296. The molecule has 1 aliphatic rings. The second-order valence-corrected chi connectivity index (χ2v) is 6.96. The third-order valence-electron chi connectivity index (χ3n) is 4.34. The molecule has 3 amide bonds. The van der Waals surface area contributed by atoms with Crippen molar-refractivity contribution in [3.05, 3.63) is 0 Å². The Labute approximate surface area is 150 Å². The van der Waals surface area contributed by atoms with Crippen LogP contribution in [-0.4, -0.2) is 67.4 Å². The van der Waals surface area contributed by atoms with Crippen molar-refractivity contribution >= 4 is 17.7 Å². The third-order valence-corrected chi connectivity index (χ3v) is 4.34. The van der Waals surface area contributed by atoms with Crippen LogP contribution in [0.5, 0.6) is 0 Å². The first kappa shape index (κ1) is 21.4. The number of piperidine rings is 1. The molecule has 0 aromatic carbocycles. The lowest BCUT2D eigenvalue weighted by molar-refractivity contribution is -0.127. The highest BCUT2D eigenvalue weighted by atomic mass is 16.2. The van der Waals surface area contributed by atoms with E-state index in [9.17, 15) is 14.4 Å². The predicted octanol–water partition coefficient (Wildman–Crippen LogP) is -0.807. The summed E-state index contributed by atoms with van der Waals surface area (Å²) in [6.45, 7) is 8.35. The zero-order valence-electron chi connectivity index (χ0n) is 15.6. The van der Waals surface area contributed by atoms with E-state index in [2.05, 4.69) is 20.9 Å². The lowest BCUT2D eigenvalue weighted by Gasteiger charge is -2.31. The lowest BCUT2D eigenvalue weighted by atomic mass is 10.0. The Morgan fingerprint density at radius 1 is 1.12 bits per heavy atom. The minimum Gasteiger partial charge on any atom is -0.355 e.